The van der Waals surface area contributed by atoms with Crippen molar-refractivity contribution in [3.63, 3.8) is 0 Å². The predicted octanol–water partition coefficient (Wildman–Crippen LogP) is 0.901. The minimum absolute atomic E-state index is 0.0486. The molecule has 0 bridgehead atoms. The number of aromatic hydroxyl groups is 1. The van der Waals surface area contributed by atoms with Crippen LogP contribution in [0.1, 0.15) is 18.0 Å². The smallest absolute Gasteiger partial charge is 0.337 e. The fourth-order valence-electron chi connectivity index (χ4n) is 2.28. The van der Waals surface area contributed by atoms with E-state index in [2.05, 4.69) is 15.4 Å². The number of hydrogen-bond donors (Lipinski definition) is 3. The minimum Gasteiger partial charge on any atom is -0.508 e. The normalized spacial score (nSPS) is 17.1. The van der Waals surface area contributed by atoms with Crippen LogP contribution in [0.15, 0.2) is 35.5 Å². The van der Waals surface area contributed by atoms with Crippen molar-refractivity contribution in [2.24, 2.45) is 0 Å². The average Bonchev–Trinajstić information content (AvgIpc) is 2.53. The van der Waals surface area contributed by atoms with Crippen molar-refractivity contribution in [1.82, 2.24) is 10.6 Å². The predicted molar refractivity (Wildman–Crippen MR) is 85.4 cm³/mol. The second-order valence-electron chi connectivity index (χ2n) is 4.76. The van der Waals surface area contributed by atoms with Gasteiger partial charge in [0.25, 0.3) is 0 Å². The van der Waals surface area contributed by atoms with Crippen molar-refractivity contribution in [3.8, 4) is 5.75 Å². The summed E-state index contributed by atoms with van der Waals surface area (Å²) in [6.07, 6.45) is -0.155. The molecule has 1 unspecified atom stereocenters. The number of carbonyl (C=O) groups is 2. The molecule has 0 saturated heterocycles. The zero-order chi connectivity index (χ0) is 17.0. The zero-order valence-electron chi connectivity index (χ0n) is 12.6. The SMILES string of the molecule is COC(=O)CC1=C(C(=O)OC)C(c2cccc(O)c2)NC(=S)N1. The van der Waals surface area contributed by atoms with Crippen molar-refractivity contribution in [1.29, 1.82) is 0 Å². The van der Waals surface area contributed by atoms with Crippen LogP contribution in [0.2, 0.25) is 0 Å². The van der Waals surface area contributed by atoms with Crippen LogP contribution >= 0.6 is 12.2 Å². The second-order valence-corrected chi connectivity index (χ2v) is 5.17. The van der Waals surface area contributed by atoms with Crippen LogP contribution in [-0.2, 0) is 19.1 Å². The Kier molecular flexibility index (Phi) is 5.17. The van der Waals surface area contributed by atoms with E-state index in [0.29, 0.717) is 11.3 Å². The molecule has 1 aliphatic heterocycles. The van der Waals surface area contributed by atoms with Gasteiger partial charge in [-0.2, -0.15) is 0 Å². The molecule has 2 rings (SSSR count). The van der Waals surface area contributed by atoms with Gasteiger partial charge in [-0.3, -0.25) is 4.79 Å². The van der Waals surface area contributed by atoms with E-state index in [0.717, 1.165) is 0 Å². The molecule has 0 amide bonds. The molecule has 7 nitrogen and oxygen atoms in total. The Labute approximate surface area is 138 Å². The maximum absolute atomic E-state index is 12.2. The Morgan fingerprint density at radius 3 is 2.65 bits per heavy atom. The van der Waals surface area contributed by atoms with E-state index in [-0.39, 0.29) is 22.9 Å². The number of phenolic OH excluding ortho intramolecular Hbond substituents is 1. The average molecular weight is 336 g/mol. The van der Waals surface area contributed by atoms with Crippen molar-refractivity contribution >= 4 is 29.3 Å². The number of methoxy groups -OCH3 is 2. The van der Waals surface area contributed by atoms with Gasteiger partial charge >= 0.3 is 11.9 Å². The molecule has 1 aliphatic rings. The Hall–Kier alpha value is -2.61. The fourth-order valence-corrected chi connectivity index (χ4v) is 2.52. The van der Waals surface area contributed by atoms with Crippen LogP contribution in [-0.4, -0.2) is 36.4 Å². The highest BCUT2D eigenvalue weighted by Crippen LogP contribution is 2.30. The summed E-state index contributed by atoms with van der Waals surface area (Å²) in [5, 5.41) is 15.7. The van der Waals surface area contributed by atoms with Gasteiger partial charge in [0.15, 0.2) is 5.11 Å². The van der Waals surface area contributed by atoms with E-state index in [1.54, 1.807) is 12.1 Å². The molecule has 23 heavy (non-hydrogen) atoms. The van der Waals surface area contributed by atoms with Crippen molar-refractivity contribution in [3.05, 3.63) is 41.1 Å². The number of nitrogens with one attached hydrogen (secondary N) is 2. The number of carbonyl (C=O) groups excluding carboxylic acids is 2. The highest BCUT2D eigenvalue weighted by molar-refractivity contribution is 7.80. The molecule has 0 aromatic heterocycles. The highest BCUT2D eigenvalue weighted by Gasteiger charge is 2.33. The first-order valence-electron chi connectivity index (χ1n) is 6.71. The number of thiocarbonyl (C=S) groups is 1. The first-order chi connectivity index (χ1) is 11.0. The zero-order valence-corrected chi connectivity index (χ0v) is 13.4. The topological polar surface area (TPSA) is 96.9 Å². The van der Waals surface area contributed by atoms with E-state index in [4.69, 9.17) is 17.0 Å². The van der Waals surface area contributed by atoms with Crippen LogP contribution in [0.25, 0.3) is 0 Å². The van der Waals surface area contributed by atoms with Gasteiger partial charge in [0, 0.05) is 5.70 Å². The van der Waals surface area contributed by atoms with E-state index >= 15 is 0 Å². The number of hydrogen-bond acceptors (Lipinski definition) is 6. The summed E-state index contributed by atoms with van der Waals surface area (Å²) in [6, 6.07) is 5.74. The molecule has 0 saturated carbocycles. The van der Waals surface area contributed by atoms with E-state index < -0.39 is 18.0 Å². The van der Waals surface area contributed by atoms with E-state index in [9.17, 15) is 14.7 Å². The van der Waals surface area contributed by atoms with Gasteiger partial charge in [0.05, 0.1) is 32.3 Å². The molecular weight excluding hydrogens is 320 g/mol. The third kappa shape index (κ3) is 3.78. The molecule has 1 atom stereocenters. The number of esters is 2. The Bertz CT molecular complexity index is 686. The van der Waals surface area contributed by atoms with Crippen LogP contribution in [0.4, 0.5) is 0 Å². The van der Waals surface area contributed by atoms with Gasteiger partial charge in [-0.15, -0.1) is 0 Å². The standard InChI is InChI=1S/C15H16N2O5S/c1-21-11(19)7-10-12(14(20)22-2)13(17-15(23)16-10)8-4-3-5-9(18)6-8/h3-6,13,18H,7H2,1-2H3,(H2,16,17,23). The van der Waals surface area contributed by atoms with Crippen LogP contribution in [0.5, 0.6) is 5.75 Å². The van der Waals surface area contributed by atoms with Crippen LogP contribution in [0, 0.1) is 0 Å². The van der Waals surface area contributed by atoms with Crippen molar-refractivity contribution < 1.29 is 24.2 Å². The fraction of sp³-hybridized carbons (Fsp3) is 0.267. The molecular formula is C15H16N2O5S. The maximum atomic E-state index is 12.2. The molecule has 122 valence electrons. The Morgan fingerprint density at radius 1 is 1.30 bits per heavy atom. The molecule has 0 fully saturated rings. The molecule has 3 N–H and O–H groups in total. The molecule has 0 aliphatic carbocycles. The Morgan fingerprint density at radius 2 is 2.04 bits per heavy atom. The first-order valence-corrected chi connectivity index (χ1v) is 7.11. The van der Waals surface area contributed by atoms with Crippen molar-refractivity contribution in [2.45, 2.75) is 12.5 Å². The minimum atomic E-state index is -0.650. The summed E-state index contributed by atoms with van der Waals surface area (Å²) in [4.78, 5) is 23.8. The molecule has 1 heterocycles. The number of benzene rings is 1. The van der Waals surface area contributed by atoms with Crippen molar-refractivity contribution in [2.75, 3.05) is 14.2 Å². The van der Waals surface area contributed by atoms with E-state index in [1.165, 1.54) is 26.4 Å². The lowest BCUT2D eigenvalue weighted by Gasteiger charge is -2.30. The van der Waals surface area contributed by atoms with Gasteiger partial charge in [0.1, 0.15) is 5.75 Å². The summed E-state index contributed by atoms with van der Waals surface area (Å²) in [6.45, 7) is 0. The second kappa shape index (κ2) is 7.10. The maximum Gasteiger partial charge on any atom is 0.337 e. The highest BCUT2D eigenvalue weighted by atomic mass is 32.1. The summed E-state index contributed by atoms with van der Waals surface area (Å²) < 4.78 is 9.46. The summed E-state index contributed by atoms with van der Waals surface area (Å²) in [5.74, 6) is -1.08. The molecule has 0 spiro atoms. The van der Waals surface area contributed by atoms with Gasteiger partial charge in [-0.05, 0) is 29.9 Å². The summed E-state index contributed by atoms with van der Waals surface area (Å²) in [5.41, 5.74) is 1.12. The lowest BCUT2D eigenvalue weighted by Crippen LogP contribution is -2.46. The summed E-state index contributed by atoms with van der Waals surface area (Å²) in [7, 11) is 2.50. The molecule has 1 aromatic rings. The third-order valence-corrected chi connectivity index (χ3v) is 3.53. The van der Waals surface area contributed by atoms with Gasteiger partial charge in [-0.25, -0.2) is 4.79 Å². The lowest BCUT2D eigenvalue weighted by molar-refractivity contribution is -0.139. The number of rotatable bonds is 4. The van der Waals surface area contributed by atoms with Crippen LogP contribution < -0.4 is 10.6 Å². The first kappa shape index (κ1) is 16.8. The quantitative estimate of drug-likeness (QED) is 0.551. The molecule has 1 aromatic carbocycles. The third-order valence-electron chi connectivity index (χ3n) is 3.31. The van der Waals surface area contributed by atoms with Crippen LogP contribution in [0.3, 0.4) is 0 Å². The van der Waals surface area contributed by atoms with Gasteiger partial charge in [0.2, 0.25) is 0 Å². The number of phenols is 1. The van der Waals surface area contributed by atoms with Gasteiger partial charge < -0.3 is 25.2 Å². The Balaban J connectivity index is 2.53. The summed E-state index contributed by atoms with van der Waals surface area (Å²) >= 11 is 5.13. The van der Waals surface area contributed by atoms with E-state index in [1.807, 2.05) is 0 Å². The monoisotopic (exact) mass is 336 g/mol. The molecule has 8 heteroatoms. The largest absolute Gasteiger partial charge is 0.508 e. The molecule has 0 radical (unpaired) electrons. The van der Waals surface area contributed by atoms with Gasteiger partial charge in [-0.1, -0.05) is 12.1 Å². The number of ether oxygens (including phenoxy) is 2. The lowest BCUT2D eigenvalue weighted by atomic mass is 9.94.